The zero-order chi connectivity index (χ0) is 16.3. The minimum Gasteiger partial charge on any atom is -0.462 e. The number of hydrogen-bond acceptors (Lipinski definition) is 5. The van der Waals surface area contributed by atoms with Gasteiger partial charge in [-0.1, -0.05) is 15.9 Å². The molecule has 3 N–H and O–H groups in total. The Morgan fingerprint density at radius 3 is 2.45 bits per heavy atom. The molecule has 0 saturated heterocycles. The SMILES string of the molecule is CCOC(=O)c1cc(Br)cc(S(=O)(=O)NCC(C)(C)N)c1.Cl. The second-order valence-corrected chi connectivity index (χ2v) is 7.89. The molecule has 126 valence electrons. The van der Waals surface area contributed by atoms with E-state index < -0.39 is 21.5 Å². The molecule has 0 aliphatic rings. The minimum atomic E-state index is -3.75. The Labute approximate surface area is 145 Å². The molecule has 0 aliphatic carbocycles. The monoisotopic (exact) mass is 414 g/mol. The van der Waals surface area contributed by atoms with Crippen LogP contribution in [0.15, 0.2) is 27.6 Å². The molecule has 9 heteroatoms. The number of sulfonamides is 1. The molecule has 0 heterocycles. The van der Waals surface area contributed by atoms with Gasteiger partial charge in [-0.05, 0) is 39.0 Å². The van der Waals surface area contributed by atoms with Crippen LogP contribution in [0.2, 0.25) is 0 Å². The van der Waals surface area contributed by atoms with Crippen molar-refractivity contribution in [3.05, 3.63) is 28.2 Å². The van der Waals surface area contributed by atoms with Crippen LogP contribution in [0.5, 0.6) is 0 Å². The lowest BCUT2D eigenvalue weighted by molar-refractivity contribution is 0.0526. The highest BCUT2D eigenvalue weighted by Gasteiger charge is 2.21. The Morgan fingerprint density at radius 1 is 1.36 bits per heavy atom. The van der Waals surface area contributed by atoms with E-state index in [1.165, 1.54) is 18.2 Å². The molecule has 1 rings (SSSR count). The van der Waals surface area contributed by atoms with Gasteiger partial charge in [0.25, 0.3) is 0 Å². The number of nitrogens with two attached hydrogens (primary N) is 1. The van der Waals surface area contributed by atoms with Crippen molar-refractivity contribution in [1.82, 2.24) is 4.72 Å². The summed E-state index contributed by atoms with van der Waals surface area (Å²) in [4.78, 5) is 11.7. The molecule has 0 aliphatic heterocycles. The van der Waals surface area contributed by atoms with Crippen molar-refractivity contribution in [3.63, 3.8) is 0 Å². The summed E-state index contributed by atoms with van der Waals surface area (Å²) < 4.78 is 32.2. The van der Waals surface area contributed by atoms with Crippen LogP contribution in [0.3, 0.4) is 0 Å². The summed E-state index contributed by atoms with van der Waals surface area (Å²) in [5.41, 5.74) is 5.25. The Balaban J connectivity index is 0.00000441. The molecule has 1 aromatic carbocycles. The van der Waals surface area contributed by atoms with Gasteiger partial charge in [0.15, 0.2) is 0 Å². The fourth-order valence-corrected chi connectivity index (χ4v) is 3.35. The van der Waals surface area contributed by atoms with Gasteiger partial charge in [0.1, 0.15) is 0 Å². The van der Waals surface area contributed by atoms with Gasteiger partial charge >= 0.3 is 5.97 Å². The van der Waals surface area contributed by atoms with Gasteiger partial charge in [-0.15, -0.1) is 12.4 Å². The molecule has 0 aromatic heterocycles. The van der Waals surface area contributed by atoms with Crippen LogP contribution in [-0.4, -0.2) is 33.1 Å². The number of nitrogens with one attached hydrogen (secondary N) is 1. The van der Waals surface area contributed by atoms with Crippen LogP contribution in [0.25, 0.3) is 0 Å². The average molecular weight is 416 g/mol. The van der Waals surface area contributed by atoms with Crippen LogP contribution >= 0.6 is 28.3 Å². The van der Waals surface area contributed by atoms with Crippen molar-refractivity contribution >= 4 is 44.3 Å². The number of carbonyl (C=O) groups is 1. The van der Waals surface area contributed by atoms with Crippen LogP contribution in [0, 0.1) is 0 Å². The number of ether oxygens (including phenoxy) is 1. The first-order chi connectivity index (χ1) is 9.55. The van der Waals surface area contributed by atoms with E-state index in [4.69, 9.17) is 10.5 Å². The molecule has 1 aromatic rings. The molecule has 0 spiro atoms. The van der Waals surface area contributed by atoms with Gasteiger partial charge in [-0.3, -0.25) is 0 Å². The highest BCUT2D eigenvalue weighted by molar-refractivity contribution is 9.10. The lowest BCUT2D eigenvalue weighted by atomic mass is 10.1. The maximum atomic E-state index is 12.2. The van der Waals surface area contributed by atoms with Crippen molar-refractivity contribution in [2.45, 2.75) is 31.2 Å². The second-order valence-electron chi connectivity index (χ2n) is 5.21. The van der Waals surface area contributed by atoms with Crippen LogP contribution in [-0.2, 0) is 14.8 Å². The summed E-state index contributed by atoms with van der Waals surface area (Å²) in [7, 11) is -3.75. The van der Waals surface area contributed by atoms with Crippen molar-refractivity contribution < 1.29 is 17.9 Å². The Bertz CT molecular complexity index is 629. The molecule has 0 unspecified atom stereocenters. The van der Waals surface area contributed by atoms with Gasteiger partial charge in [-0.25, -0.2) is 17.9 Å². The summed E-state index contributed by atoms with van der Waals surface area (Å²) in [6, 6.07) is 4.19. The molecule has 0 saturated carbocycles. The average Bonchev–Trinajstić information content (AvgIpc) is 2.35. The zero-order valence-corrected chi connectivity index (χ0v) is 15.8. The standard InChI is InChI=1S/C13H19BrN2O4S.ClH/c1-4-20-12(17)9-5-10(14)7-11(6-9)21(18,19)16-8-13(2,3)15;/h5-7,16H,4,8,15H2,1-3H3;1H. The molecule has 0 amide bonds. The summed E-state index contributed by atoms with van der Waals surface area (Å²) >= 11 is 3.19. The van der Waals surface area contributed by atoms with Crippen molar-refractivity contribution in [3.8, 4) is 0 Å². The summed E-state index contributed by atoms with van der Waals surface area (Å²) in [5, 5.41) is 0. The number of carbonyl (C=O) groups excluding carboxylic acids is 1. The lowest BCUT2D eigenvalue weighted by Gasteiger charge is -2.19. The third-order valence-electron chi connectivity index (χ3n) is 2.41. The number of hydrogen-bond donors (Lipinski definition) is 2. The summed E-state index contributed by atoms with van der Waals surface area (Å²) in [6.07, 6.45) is 0. The predicted molar refractivity (Wildman–Crippen MR) is 90.8 cm³/mol. The molecule has 0 atom stereocenters. The van der Waals surface area contributed by atoms with Gasteiger partial charge in [0.05, 0.1) is 17.1 Å². The van der Waals surface area contributed by atoms with Gasteiger partial charge in [0.2, 0.25) is 10.0 Å². The smallest absolute Gasteiger partial charge is 0.338 e. The minimum absolute atomic E-state index is 0. The van der Waals surface area contributed by atoms with Crippen LogP contribution < -0.4 is 10.5 Å². The largest absolute Gasteiger partial charge is 0.462 e. The van der Waals surface area contributed by atoms with E-state index >= 15 is 0 Å². The first-order valence-electron chi connectivity index (χ1n) is 6.31. The van der Waals surface area contributed by atoms with Gasteiger partial charge < -0.3 is 10.5 Å². The Hall–Kier alpha value is -0.670. The van der Waals surface area contributed by atoms with E-state index in [2.05, 4.69) is 20.7 Å². The third-order valence-corrected chi connectivity index (χ3v) is 4.25. The number of halogens is 2. The molecule has 0 bridgehead atoms. The number of benzene rings is 1. The number of rotatable bonds is 6. The van der Waals surface area contributed by atoms with E-state index in [-0.39, 0.29) is 36.0 Å². The molecular weight excluding hydrogens is 396 g/mol. The third kappa shape index (κ3) is 6.62. The summed E-state index contributed by atoms with van der Waals surface area (Å²) in [5.74, 6) is -0.575. The van der Waals surface area contributed by atoms with Crippen LogP contribution in [0.4, 0.5) is 0 Å². The van der Waals surface area contributed by atoms with Crippen molar-refractivity contribution in [2.24, 2.45) is 5.73 Å². The highest BCUT2D eigenvalue weighted by atomic mass is 79.9. The maximum absolute atomic E-state index is 12.2. The van der Waals surface area contributed by atoms with Crippen molar-refractivity contribution in [1.29, 1.82) is 0 Å². The number of esters is 1. The maximum Gasteiger partial charge on any atom is 0.338 e. The van der Waals surface area contributed by atoms with E-state index in [0.717, 1.165) is 0 Å². The predicted octanol–water partition coefficient (Wildman–Crippen LogP) is 2.06. The van der Waals surface area contributed by atoms with Gasteiger partial charge in [-0.2, -0.15) is 0 Å². The quantitative estimate of drug-likeness (QED) is 0.693. The fraction of sp³-hybridized carbons (Fsp3) is 0.462. The second kappa shape index (κ2) is 8.26. The Morgan fingerprint density at radius 2 is 1.95 bits per heavy atom. The van der Waals surface area contributed by atoms with E-state index in [1.54, 1.807) is 20.8 Å². The first-order valence-corrected chi connectivity index (χ1v) is 8.59. The first kappa shape index (κ1) is 21.3. The van der Waals surface area contributed by atoms with E-state index in [0.29, 0.717) is 4.47 Å². The topological polar surface area (TPSA) is 98.5 Å². The molecule has 6 nitrogen and oxygen atoms in total. The molecule has 0 fully saturated rings. The fourth-order valence-electron chi connectivity index (χ4n) is 1.41. The normalized spacial score (nSPS) is 11.7. The van der Waals surface area contributed by atoms with Crippen molar-refractivity contribution in [2.75, 3.05) is 13.2 Å². The van der Waals surface area contributed by atoms with Crippen LogP contribution in [0.1, 0.15) is 31.1 Å². The highest BCUT2D eigenvalue weighted by Crippen LogP contribution is 2.20. The van der Waals surface area contributed by atoms with Gasteiger partial charge in [0, 0.05) is 16.6 Å². The zero-order valence-electron chi connectivity index (χ0n) is 12.6. The summed E-state index contributed by atoms with van der Waals surface area (Å²) in [6.45, 7) is 5.39. The molecule has 22 heavy (non-hydrogen) atoms. The Kier molecular flexibility index (Phi) is 8.01. The van der Waals surface area contributed by atoms with E-state index in [9.17, 15) is 13.2 Å². The molecular formula is C13H20BrClN2O4S. The lowest BCUT2D eigenvalue weighted by Crippen LogP contribution is -2.45. The van der Waals surface area contributed by atoms with E-state index in [1.807, 2.05) is 0 Å². The molecule has 0 radical (unpaired) electrons.